The molecular weight excluding hydrogens is 264 g/mol. The summed E-state index contributed by atoms with van der Waals surface area (Å²) in [6.45, 7) is 2.17. The normalized spacial score (nSPS) is 10.4. The molecule has 5 nitrogen and oxygen atoms in total. The van der Waals surface area contributed by atoms with Gasteiger partial charge in [-0.25, -0.2) is 8.42 Å². The van der Waals surface area contributed by atoms with Crippen molar-refractivity contribution in [1.29, 1.82) is 0 Å². The van der Waals surface area contributed by atoms with Crippen LogP contribution in [0.2, 0.25) is 0 Å². The van der Waals surface area contributed by atoms with Gasteiger partial charge in [0.2, 0.25) is 0 Å². The Kier molecular flexibility index (Phi) is 6.11. The van der Waals surface area contributed by atoms with Gasteiger partial charge in [0.1, 0.15) is 0 Å². The van der Waals surface area contributed by atoms with Crippen LogP contribution in [0.3, 0.4) is 0 Å². The van der Waals surface area contributed by atoms with Crippen LogP contribution >= 0.6 is 0 Å². The highest BCUT2D eigenvalue weighted by molar-refractivity contribution is 7.85. The van der Waals surface area contributed by atoms with Crippen molar-refractivity contribution in [3.8, 4) is 0 Å². The van der Waals surface area contributed by atoms with Gasteiger partial charge in [-0.05, 0) is 0 Å². The molecule has 2 aromatic rings. The lowest BCUT2D eigenvalue weighted by molar-refractivity contribution is -0.913. The second-order valence-electron chi connectivity index (χ2n) is 3.77. The maximum absolute atomic E-state index is 9.44. The van der Waals surface area contributed by atoms with Gasteiger partial charge in [-0.15, -0.1) is 9.13 Å². The Morgan fingerprint density at radius 3 is 1.42 bits per heavy atom. The highest BCUT2D eigenvalue weighted by Gasteiger charge is 2.03. The second-order valence-corrected chi connectivity index (χ2v) is 5.46. The lowest BCUT2D eigenvalue weighted by atomic mass is 10.5. The van der Waals surface area contributed by atoms with Gasteiger partial charge in [0.05, 0.1) is 10.1 Å². The van der Waals surface area contributed by atoms with Gasteiger partial charge in [-0.1, -0.05) is 19.1 Å². The monoisotopic (exact) mass is 281 g/mol. The van der Waals surface area contributed by atoms with E-state index in [0.717, 1.165) is 6.67 Å². The van der Waals surface area contributed by atoms with Gasteiger partial charge < -0.3 is 4.55 Å². The highest BCUT2D eigenvalue weighted by atomic mass is 32.2. The van der Waals surface area contributed by atoms with E-state index < -0.39 is 10.1 Å². The van der Waals surface area contributed by atoms with Gasteiger partial charge >= 0.3 is 6.67 Å². The molecule has 0 aromatic carbocycles. The number of pyridine rings is 2. The summed E-state index contributed by atoms with van der Waals surface area (Å²) >= 11 is 0. The van der Waals surface area contributed by atoms with E-state index in [1.807, 2.05) is 36.4 Å². The van der Waals surface area contributed by atoms with Crippen molar-refractivity contribution in [3.05, 3.63) is 61.2 Å². The Morgan fingerprint density at radius 1 is 0.842 bits per heavy atom. The maximum atomic E-state index is 9.44. The smallest absolute Gasteiger partial charge is 0.343 e. The van der Waals surface area contributed by atoms with E-state index in [4.69, 9.17) is 0 Å². The molecule has 0 amide bonds. The summed E-state index contributed by atoms with van der Waals surface area (Å²) in [6.07, 6.45) is 8.22. The largest absolute Gasteiger partial charge is 0.748 e. The zero-order valence-corrected chi connectivity index (χ0v) is 11.5. The molecule has 6 heteroatoms. The third kappa shape index (κ3) is 7.28. The van der Waals surface area contributed by atoms with Crippen LogP contribution in [0.15, 0.2) is 61.2 Å². The minimum absolute atomic E-state index is 0.312. The number of aromatic nitrogens is 2. The minimum atomic E-state index is -3.91. The zero-order chi connectivity index (χ0) is 14.1. The van der Waals surface area contributed by atoms with Crippen LogP contribution in [-0.2, 0) is 16.8 Å². The fourth-order valence-corrected chi connectivity index (χ4v) is 1.25. The lowest BCUT2D eigenvalue weighted by Crippen LogP contribution is -2.50. The van der Waals surface area contributed by atoms with Gasteiger partial charge in [-0.3, -0.25) is 0 Å². The molecule has 0 fully saturated rings. The summed E-state index contributed by atoms with van der Waals surface area (Å²) in [5.41, 5.74) is 0. The first kappa shape index (κ1) is 15.3. The molecule has 0 saturated heterocycles. The summed E-state index contributed by atoms with van der Waals surface area (Å²) in [7, 11) is -3.91. The fraction of sp³-hybridized carbons (Fsp3) is 0.231. The molecule has 2 heterocycles. The van der Waals surface area contributed by atoms with Crippen LogP contribution in [0, 0.1) is 0 Å². The SMILES string of the molecule is CCS(=O)(=O)[O-].c1cc[n+](C[n+]2ccccc2)cc1. The van der Waals surface area contributed by atoms with Crippen LogP contribution in [-0.4, -0.2) is 18.7 Å². The predicted octanol–water partition coefficient (Wildman–Crippen LogP) is 0.319. The Morgan fingerprint density at radius 2 is 1.16 bits per heavy atom. The second kappa shape index (κ2) is 7.60. The quantitative estimate of drug-likeness (QED) is 0.601. The van der Waals surface area contributed by atoms with E-state index in [0.29, 0.717) is 0 Å². The number of rotatable bonds is 3. The van der Waals surface area contributed by atoms with E-state index in [1.165, 1.54) is 6.92 Å². The Balaban J connectivity index is 0.000000258. The number of hydrogen-bond donors (Lipinski definition) is 0. The number of nitrogens with zero attached hydrogens (tertiary/aromatic N) is 2. The molecule has 2 aromatic heterocycles. The van der Waals surface area contributed by atoms with E-state index in [-0.39, 0.29) is 5.75 Å². The summed E-state index contributed by atoms with van der Waals surface area (Å²) in [5, 5.41) is 0. The third-order valence-corrected chi connectivity index (χ3v) is 2.94. The van der Waals surface area contributed by atoms with Crippen molar-refractivity contribution in [2.45, 2.75) is 13.6 Å². The first-order chi connectivity index (χ1) is 9.01. The molecule has 2 rings (SSSR count). The lowest BCUT2D eigenvalue weighted by Gasteiger charge is -1.97. The Hall–Kier alpha value is -1.79. The molecule has 0 aliphatic rings. The van der Waals surface area contributed by atoms with Crippen molar-refractivity contribution in [3.63, 3.8) is 0 Å². The van der Waals surface area contributed by atoms with Crippen LogP contribution < -0.4 is 9.13 Å². The molecule has 0 bridgehead atoms. The van der Waals surface area contributed by atoms with E-state index in [1.54, 1.807) is 0 Å². The Bertz CT molecular complexity index is 534. The first-order valence-corrected chi connectivity index (χ1v) is 7.41. The maximum Gasteiger partial charge on any atom is 0.343 e. The van der Waals surface area contributed by atoms with Crippen molar-refractivity contribution in [2.75, 3.05) is 5.75 Å². The molecule has 0 saturated carbocycles. The van der Waals surface area contributed by atoms with Crippen molar-refractivity contribution in [1.82, 2.24) is 0 Å². The molecule has 0 atom stereocenters. The van der Waals surface area contributed by atoms with Crippen LogP contribution in [0.25, 0.3) is 0 Å². The molecule has 102 valence electrons. The Labute approximate surface area is 113 Å². The van der Waals surface area contributed by atoms with E-state index >= 15 is 0 Å². The molecule has 19 heavy (non-hydrogen) atoms. The summed E-state index contributed by atoms with van der Waals surface area (Å²) < 4.78 is 32.6. The van der Waals surface area contributed by atoms with Gasteiger partial charge in [0.15, 0.2) is 24.8 Å². The summed E-state index contributed by atoms with van der Waals surface area (Å²) in [5.74, 6) is -0.312. The molecular formula is C13H17N2O3S+. The average Bonchev–Trinajstić information content (AvgIpc) is 2.41. The standard InChI is InChI=1S/C11H12N2.C2H6O3S/c1-3-7-12(8-4-1)11-13-9-5-2-6-10-13;1-2-6(3,4)5/h1-10H,11H2;2H2,1H3,(H,3,4,5)/q+2;/p-1. The summed E-state index contributed by atoms with van der Waals surface area (Å²) in [6, 6.07) is 12.2. The minimum Gasteiger partial charge on any atom is -0.748 e. The van der Waals surface area contributed by atoms with Crippen molar-refractivity contribution >= 4 is 10.1 Å². The van der Waals surface area contributed by atoms with Crippen LogP contribution in [0.4, 0.5) is 0 Å². The topological polar surface area (TPSA) is 65.0 Å². The molecule has 0 spiro atoms. The van der Waals surface area contributed by atoms with Gasteiger partial charge in [0.25, 0.3) is 0 Å². The third-order valence-electron chi connectivity index (χ3n) is 2.23. The average molecular weight is 281 g/mol. The highest BCUT2D eigenvalue weighted by Crippen LogP contribution is 1.78. The van der Waals surface area contributed by atoms with E-state index in [9.17, 15) is 13.0 Å². The fourth-order valence-electron chi connectivity index (χ4n) is 1.25. The van der Waals surface area contributed by atoms with Crippen molar-refractivity contribution in [2.24, 2.45) is 0 Å². The van der Waals surface area contributed by atoms with Crippen LogP contribution in [0.1, 0.15) is 6.92 Å². The van der Waals surface area contributed by atoms with Crippen LogP contribution in [0.5, 0.6) is 0 Å². The molecule has 0 aliphatic heterocycles. The first-order valence-electron chi connectivity index (χ1n) is 5.83. The van der Waals surface area contributed by atoms with Gasteiger partial charge in [0, 0.05) is 30.0 Å². The van der Waals surface area contributed by atoms with Gasteiger partial charge in [-0.2, -0.15) is 0 Å². The molecule has 0 N–H and O–H groups in total. The van der Waals surface area contributed by atoms with E-state index in [2.05, 4.69) is 33.9 Å². The zero-order valence-electron chi connectivity index (χ0n) is 10.7. The molecule has 0 unspecified atom stereocenters. The number of hydrogen-bond acceptors (Lipinski definition) is 3. The summed E-state index contributed by atoms with van der Waals surface area (Å²) in [4.78, 5) is 0. The van der Waals surface area contributed by atoms with Crippen molar-refractivity contribution < 1.29 is 22.1 Å². The predicted molar refractivity (Wildman–Crippen MR) is 68.9 cm³/mol. The molecule has 0 aliphatic carbocycles. The molecule has 0 radical (unpaired) electrons.